The van der Waals surface area contributed by atoms with E-state index in [0.29, 0.717) is 5.92 Å². The normalized spacial score (nSPS) is 21.6. The van der Waals surface area contributed by atoms with Crippen molar-refractivity contribution in [1.29, 1.82) is 0 Å². The van der Waals surface area contributed by atoms with Crippen LogP contribution >= 0.6 is 12.2 Å². The average Bonchev–Trinajstić information content (AvgIpc) is 2.77. The minimum atomic E-state index is 0.425. The largest absolute Gasteiger partial charge is 0.381 e. The highest BCUT2D eigenvalue weighted by Crippen LogP contribution is 2.23. The van der Waals surface area contributed by atoms with Crippen molar-refractivity contribution in [2.24, 2.45) is 0 Å². The maximum Gasteiger partial charge on any atom is 0.195 e. The minimum absolute atomic E-state index is 0.425. The maximum atomic E-state index is 5.35. The van der Waals surface area contributed by atoms with Crippen molar-refractivity contribution in [3.63, 3.8) is 0 Å². The first-order valence-corrected chi connectivity index (χ1v) is 5.46. The number of aromatic nitrogens is 3. The van der Waals surface area contributed by atoms with Crippen LogP contribution in [-0.2, 0) is 11.3 Å². The monoisotopic (exact) mass is 213 g/mol. The molecule has 1 N–H and O–H groups in total. The highest BCUT2D eigenvalue weighted by Gasteiger charge is 2.22. The number of hydrogen-bond donors (Lipinski definition) is 1. The van der Waals surface area contributed by atoms with Crippen LogP contribution in [0.2, 0.25) is 0 Å². The SMILES string of the molecule is CCCn1c(C2CCOC2)n[nH]c1=S. The zero-order valence-corrected chi connectivity index (χ0v) is 9.14. The van der Waals surface area contributed by atoms with Crippen molar-refractivity contribution < 1.29 is 4.74 Å². The Hall–Kier alpha value is -0.680. The molecule has 2 rings (SSSR count). The molecular formula is C9H15N3OS. The lowest BCUT2D eigenvalue weighted by atomic mass is 10.1. The van der Waals surface area contributed by atoms with Gasteiger partial charge in [0.15, 0.2) is 4.77 Å². The highest BCUT2D eigenvalue weighted by molar-refractivity contribution is 7.71. The summed E-state index contributed by atoms with van der Waals surface area (Å²) in [6, 6.07) is 0. The Morgan fingerprint density at radius 1 is 1.71 bits per heavy atom. The van der Waals surface area contributed by atoms with Crippen LogP contribution in [0.3, 0.4) is 0 Å². The van der Waals surface area contributed by atoms with Crippen molar-refractivity contribution in [2.75, 3.05) is 13.2 Å². The van der Waals surface area contributed by atoms with Gasteiger partial charge < -0.3 is 9.30 Å². The van der Waals surface area contributed by atoms with Crippen LogP contribution in [0.25, 0.3) is 0 Å². The van der Waals surface area contributed by atoms with Gasteiger partial charge in [-0.3, -0.25) is 5.10 Å². The Labute approximate surface area is 88.3 Å². The van der Waals surface area contributed by atoms with Crippen LogP contribution in [0.15, 0.2) is 0 Å². The van der Waals surface area contributed by atoms with Crippen LogP contribution in [0.5, 0.6) is 0 Å². The number of ether oxygens (including phenoxy) is 1. The molecule has 1 fully saturated rings. The number of hydrogen-bond acceptors (Lipinski definition) is 3. The van der Waals surface area contributed by atoms with E-state index in [4.69, 9.17) is 17.0 Å². The minimum Gasteiger partial charge on any atom is -0.381 e. The third kappa shape index (κ3) is 1.74. The van der Waals surface area contributed by atoms with Gasteiger partial charge in [-0.15, -0.1) is 0 Å². The van der Waals surface area contributed by atoms with Crippen molar-refractivity contribution in [2.45, 2.75) is 32.2 Å². The molecule has 1 aliphatic heterocycles. The molecule has 0 radical (unpaired) electrons. The molecule has 1 unspecified atom stereocenters. The number of rotatable bonds is 3. The summed E-state index contributed by atoms with van der Waals surface area (Å²) in [6.45, 7) is 4.71. The predicted molar refractivity (Wildman–Crippen MR) is 55.9 cm³/mol. The van der Waals surface area contributed by atoms with Crippen LogP contribution < -0.4 is 0 Å². The number of H-pyrrole nitrogens is 1. The summed E-state index contributed by atoms with van der Waals surface area (Å²) in [5.74, 6) is 1.49. The third-order valence-electron chi connectivity index (χ3n) is 2.53. The summed E-state index contributed by atoms with van der Waals surface area (Å²) in [4.78, 5) is 0. The molecule has 4 nitrogen and oxygen atoms in total. The summed E-state index contributed by atoms with van der Waals surface area (Å²) in [7, 11) is 0. The van der Waals surface area contributed by atoms with Crippen molar-refractivity contribution in [1.82, 2.24) is 14.8 Å². The first-order valence-electron chi connectivity index (χ1n) is 5.05. The lowest BCUT2D eigenvalue weighted by molar-refractivity contribution is 0.192. The topological polar surface area (TPSA) is 42.8 Å². The molecule has 78 valence electrons. The van der Waals surface area contributed by atoms with Gasteiger partial charge in [0.1, 0.15) is 5.82 Å². The fourth-order valence-corrected chi connectivity index (χ4v) is 2.05. The van der Waals surface area contributed by atoms with Crippen molar-refractivity contribution in [3.05, 3.63) is 10.6 Å². The molecule has 1 aliphatic rings. The Morgan fingerprint density at radius 3 is 3.21 bits per heavy atom. The standard InChI is InChI=1S/C9H15N3OS/c1-2-4-12-8(10-11-9(12)14)7-3-5-13-6-7/h7H,2-6H2,1H3,(H,11,14). The predicted octanol–water partition coefficient (Wildman–Crippen LogP) is 1.85. The smallest absolute Gasteiger partial charge is 0.195 e. The molecule has 2 heterocycles. The molecule has 0 amide bonds. The van der Waals surface area contributed by atoms with Crippen LogP contribution in [0.4, 0.5) is 0 Å². The molecule has 0 bridgehead atoms. The first-order chi connectivity index (χ1) is 6.83. The molecule has 1 aromatic rings. The lowest BCUT2D eigenvalue weighted by Crippen LogP contribution is -2.09. The van der Waals surface area contributed by atoms with Crippen molar-refractivity contribution >= 4 is 12.2 Å². The second-order valence-electron chi connectivity index (χ2n) is 3.60. The van der Waals surface area contributed by atoms with Gasteiger partial charge in [-0.1, -0.05) is 6.92 Å². The van der Waals surface area contributed by atoms with E-state index < -0.39 is 0 Å². The van der Waals surface area contributed by atoms with Crippen LogP contribution in [0.1, 0.15) is 31.5 Å². The Balaban J connectivity index is 2.27. The van der Waals surface area contributed by atoms with Gasteiger partial charge in [0, 0.05) is 19.1 Å². The second-order valence-corrected chi connectivity index (χ2v) is 3.99. The zero-order chi connectivity index (χ0) is 9.97. The van der Waals surface area contributed by atoms with E-state index in [1.165, 1.54) is 0 Å². The fraction of sp³-hybridized carbons (Fsp3) is 0.778. The van der Waals surface area contributed by atoms with Gasteiger partial charge in [0.2, 0.25) is 0 Å². The lowest BCUT2D eigenvalue weighted by Gasteiger charge is -2.08. The molecule has 1 saturated heterocycles. The molecule has 0 aromatic carbocycles. The van der Waals surface area contributed by atoms with Crippen LogP contribution in [0, 0.1) is 4.77 Å². The molecule has 1 atom stereocenters. The number of aromatic amines is 1. The summed E-state index contributed by atoms with van der Waals surface area (Å²) in [5, 5.41) is 7.14. The summed E-state index contributed by atoms with van der Waals surface area (Å²) >= 11 is 5.18. The van der Waals surface area contributed by atoms with E-state index >= 15 is 0 Å². The second kappa shape index (κ2) is 4.23. The fourth-order valence-electron chi connectivity index (χ4n) is 1.82. The van der Waals surface area contributed by atoms with E-state index in [1.807, 2.05) is 0 Å². The van der Waals surface area contributed by atoms with Gasteiger partial charge in [-0.2, -0.15) is 5.10 Å². The molecule has 5 heteroatoms. The van der Waals surface area contributed by atoms with E-state index in [0.717, 1.165) is 43.2 Å². The van der Waals surface area contributed by atoms with E-state index in [-0.39, 0.29) is 0 Å². The van der Waals surface area contributed by atoms with Gasteiger partial charge in [-0.05, 0) is 25.1 Å². The number of nitrogens with one attached hydrogen (secondary N) is 1. The van der Waals surface area contributed by atoms with E-state index in [1.54, 1.807) is 0 Å². The Kier molecular flexibility index (Phi) is 2.98. The van der Waals surface area contributed by atoms with Crippen LogP contribution in [-0.4, -0.2) is 28.0 Å². The Morgan fingerprint density at radius 2 is 2.57 bits per heavy atom. The summed E-state index contributed by atoms with van der Waals surface area (Å²) in [6.07, 6.45) is 2.14. The van der Waals surface area contributed by atoms with Gasteiger partial charge in [0.25, 0.3) is 0 Å². The quantitative estimate of drug-likeness (QED) is 0.779. The molecule has 1 aromatic heterocycles. The number of nitrogens with zero attached hydrogens (tertiary/aromatic N) is 2. The highest BCUT2D eigenvalue weighted by atomic mass is 32.1. The molecular weight excluding hydrogens is 198 g/mol. The molecule has 0 saturated carbocycles. The van der Waals surface area contributed by atoms with Gasteiger partial charge >= 0.3 is 0 Å². The first kappa shape index (κ1) is 9.86. The molecule has 0 spiro atoms. The molecule has 0 aliphatic carbocycles. The molecule has 14 heavy (non-hydrogen) atoms. The average molecular weight is 213 g/mol. The Bertz CT molecular complexity index is 351. The summed E-state index contributed by atoms with van der Waals surface area (Å²) in [5.41, 5.74) is 0. The van der Waals surface area contributed by atoms with Gasteiger partial charge in [-0.25, -0.2) is 0 Å². The van der Waals surface area contributed by atoms with E-state index in [2.05, 4.69) is 21.7 Å². The van der Waals surface area contributed by atoms with E-state index in [9.17, 15) is 0 Å². The zero-order valence-electron chi connectivity index (χ0n) is 8.32. The third-order valence-corrected chi connectivity index (χ3v) is 2.84. The summed E-state index contributed by atoms with van der Waals surface area (Å²) < 4.78 is 8.17. The maximum absolute atomic E-state index is 5.35. The van der Waals surface area contributed by atoms with Crippen molar-refractivity contribution in [3.8, 4) is 0 Å². The van der Waals surface area contributed by atoms with Gasteiger partial charge in [0.05, 0.1) is 6.61 Å².